The molecule has 2 aliphatic rings. The number of fused-ring (bicyclic) bond motifs is 1. The Bertz CT molecular complexity index is 1440. The zero-order chi connectivity index (χ0) is 25.4. The van der Waals surface area contributed by atoms with Crippen LogP contribution in [0.3, 0.4) is 0 Å². The van der Waals surface area contributed by atoms with Crippen LogP contribution in [0.4, 0.5) is 14.9 Å². The molecule has 1 saturated heterocycles. The molecule has 1 N–H and O–H groups in total. The third kappa shape index (κ3) is 4.58. The van der Waals surface area contributed by atoms with Crippen LogP contribution in [0.15, 0.2) is 60.2 Å². The number of hydrogen-bond acceptors (Lipinski definition) is 6. The van der Waals surface area contributed by atoms with E-state index in [2.05, 4.69) is 5.32 Å². The summed E-state index contributed by atoms with van der Waals surface area (Å²) in [5, 5.41) is 2.36. The molecular formula is C25H15Cl2FN2O6. The van der Waals surface area contributed by atoms with Crippen molar-refractivity contribution in [3.63, 3.8) is 0 Å². The predicted octanol–water partition coefficient (Wildman–Crippen LogP) is 5.11. The van der Waals surface area contributed by atoms with Crippen LogP contribution in [0.5, 0.6) is 17.2 Å². The van der Waals surface area contributed by atoms with E-state index in [-0.39, 0.29) is 40.5 Å². The van der Waals surface area contributed by atoms with Gasteiger partial charge < -0.3 is 14.2 Å². The Morgan fingerprint density at radius 2 is 1.75 bits per heavy atom. The summed E-state index contributed by atoms with van der Waals surface area (Å²) in [5.74, 6) is -1.13. The molecular weight excluding hydrogens is 514 g/mol. The van der Waals surface area contributed by atoms with Gasteiger partial charge in [0, 0.05) is 6.07 Å². The molecule has 36 heavy (non-hydrogen) atoms. The van der Waals surface area contributed by atoms with Gasteiger partial charge >= 0.3 is 6.03 Å². The van der Waals surface area contributed by atoms with Crippen molar-refractivity contribution in [2.24, 2.45) is 0 Å². The molecule has 0 aromatic heterocycles. The van der Waals surface area contributed by atoms with Gasteiger partial charge in [-0.1, -0.05) is 35.3 Å². The highest BCUT2D eigenvalue weighted by atomic mass is 35.5. The number of imide groups is 2. The molecule has 4 amide bonds. The molecule has 8 nitrogen and oxygen atoms in total. The Morgan fingerprint density at radius 3 is 2.50 bits per heavy atom. The molecule has 0 unspecified atom stereocenters. The average Bonchev–Trinajstić information content (AvgIpc) is 3.29. The quantitative estimate of drug-likeness (QED) is 0.365. The summed E-state index contributed by atoms with van der Waals surface area (Å²) in [6.07, 6.45) is 1.26. The lowest BCUT2D eigenvalue weighted by Gasteiger charge is -2.26. The summed E-state index contributed by atoms with van der Waals surface area (Å²) in [5.41, 5.74) is 0.776. The van der Waals surface area contributed by atoms with E-state index in [0.29, 0.717) is 22.6 Å². The molecule has 3 aromatic carbocycles. The molecule has 0 aliphatic carbocycles. The zero-order valence-electron chi connectivity index (χ0n) is 18.2. The van der Waals surface area contributed by atoms with E-state index < -0.39 is 23.7 Å². The molecule has 11 heteroatoms. The normalized spacial score (nSPS) is 15.9. The molecule has 0 radical (unpaired) electrons. The summed E-state index contributed by atoms with van der Waals surface area (Å²) in [7, 11) is 0. The highest BCUT2D eigenvalue weighted by molar-refractivity contribution is 6.40. The summed E-state index contributed by atoms with van der Waals surface area (Å²) >= 11 is 12.7. The van der Waals surface area contributed by atoms with Crippen molar-refractivity contribution in [3.05, 3.63) is 87.2 Å². The van der Waals surface area contributed by atoms with Crippen molar-refractivity contribution in [2.45, 2.75) is 6.61 Å². The van der Waals surface area contributed by atoms with Crippen LogP contribution in [0.25, 0.3) is 6.08 Å². The van der Waals surface area contributed by atoms with Crippen LogP contribution < -0.4 is 24.4 Å². The molecule has 182 valence electrons. The number of nitrogens with zero attached hydrogens (tertiary/aromatic N) is 1. The highest BCUT2D eigenvalue weighted by Gasteiger charge is 2.37. The van der Waals surface area contributed by atoms with E-state index in [1.807, 2.05) is 0 Å². The first-order valence-electron chi connectivity index (χ1n) is 10.5. The minimum absolute atomic E-state index is 0.0190. The first-order valence-corrected chi connectivity index (χ1v) is 11.2. The predicted molar refractivity (Wildman–Crippen MR) is 129 cm³/mol. The second kappa shape index (κ2) is 9.52. The van der Waals surface area contributed by atoms with E-state index in [1.165, 1.54) is 42.5 Å². The molecule has 0 atom stereocenters. The second-order valence-electron chi connectivity index (χ2n) is 7.73. The van der Waals surface area contributed by atoms with Gasteiger partial charge in [0.05, 0.1) is 15.7 Å². The third-order valence-corrected chi connectivity index (χ3v) is 5.88. The Kier molecular flexibility index (Phi) is 6.26. The average molecular weight is 529 g/mol. The molecule has 5 rings (SSSR count). The molecule has 0 saturated carbocycles. The molecule has 1 fully saturated rings. The number of carbonyl (C=O) groups excluding carboxylic acids is 3. The number of hydrogen-bond donors (Lipinski definition) is 1. The number of barbiturate groups is 1. The first-order chi connectivity index (χ1) is 17.3. The SMILES string of the molecule is O=C1NC(=O)N(c2ccc3c(c2)OCO3)C(=O)/C1=C/c1cc(Cl)c(OCc2cccc(F)c2)c(Cl)c1. The second-order valence-corrected chi connectivity index (χ2v) is 8.54. The standard InChI is InChI=1S/C25H15Cl2FN2O6/c26-18-8-14(9-19(27)22(18)34-11-13-2-1-3-15(28)6-13)7-17-23(31)29-25(33)30(24(17)32)16-4-5-20-21(10-16)36-12-35-20/h1-10H,11-12H2,(H,29,31,33)/b17-7+. The summed E-state index contributed by atoms with van der Waals surface area (Å²) in [4.78, 5) is 38.9. The number of nitrogens with one attached hydrogen (secondary N) is 1. The number of benzene rings is 3. The number of rotatable bonds is 5. The van der Waals surface area contributed by atoms with Gasteiger partial charge in [0.2, 0.25) is 6.79 Å². The van der Waals surface area contributed by atoms with Crippen LogP contribution in [0, 0.1) is 5.82 Å². The lowest BCUT2D eigenvalue weighted by molar-refractivity contribution is -0.122. The topological polar surface area (TPSA) is 94.2 Å². The van der Waals surface area contributed by atoms with Gasteiger partial charge in [-0.2, -0.15) is 0 Å². The monoisotopic (exact) mass is 528 g/mol. The minimum atomic E-state index is -0.904. The van der Waals surface area contributed by atoms with Gasteiger partial charge in [-0.05, 0) is 53.6 Å². The van der Waals surface area contributed by atoms with Crippen LogP contribution >= 0.6 is 23.2 Å². The van der Waals surface area contributed by atoms with Crippen molar-refractivity contribution in [2.75, 3.05) is 11.7 Å². The van der Waals surface area contributed by atoms with Crippen molar-refractivity contribution < 1.29 is 33.0 Å². The van der Waals surface area contributed by atoms with Crippen molar-refractivity contribution in [1.82, 2.24) is 5.32 Å². The van der Waals surface area contributed by atoms with Gasteiger partial charge in [0.1, 0.15) is 18.0 Å². The van der Waals surface area contributed by atoms with Crippen molar-refractivity contribution in [3.8, 4) is 17.2 Å². The minimum Gasteiger partial charge on any atom is -0.486 e. The number of amides is 4. The van der Waals surface area contributed by atoms with Crippen LogP contribution in [-0.2, 0) is 16.2 Å². The Labute approximate surface area is 213 Å². The van der Waals surface area contributed by atoms with Crippen LogP contribution in [0.1, 0.15) is 11.1 Å². The number of anilines is 1. The van der Waals surface area contributed by atoms with Crippen LogP contribution in [0.2, 0.25) is 10.0 Å². The summed E-state index contributed by atoms with van der Waals surface area (Å²) < 4.78 is 29.6. The fourth-order valence-corrected chi connectivity index (χ4v) is 4.28. The van der Waals surface area contributed by atoms with Gasteiger partial charge in [0.25, 0.3) is 11.8 Å². The van der Waals surface area contributed by atoms with Gasteiger partial charge in [0.15, 0.2) is 17.2 Å². The smallest absolute Gasteiger partial charge is 0.335 e. The number of carbonyl (C=O) groups is 3. The van der Waals surface area contributed by atoms with Gasteiger partial charge in [-0.25, -0.2) is 14.1 Å². The van der Waals surface area contributed by atoms with E-state index >= 15 is 0 Å². The Balaban J connectivity index is 1.41. The van der Waals surface area contributed by atoms with E-state index in [9.17, 15) is 18.8 Å². The molecule has 3 aromatic rings. The maximum absolute atomic E-state index is 13.4. The highest BCUT2D eigenvalue weighted by Crippen LogP contribution is 2.38. The van der Waals surface area contributed by atoms with Crippen molar-refractivity contribution >= 4 is 52.8 Å². The van der Waals surface area contributed by atoms with Crippen LogP contribution in [-0.4, -0.2) is 24.6 Å². The number of urea groups is 1. The fraction of sp³-hybridized carbons (Fsp3) is 0.0800. The number of halogens is 3. The van der Waals surface area contributed by atoms with Crippen molar-refractivity contribution in [1.29, 1.82) is 0 Å². The van der Waals surface area contributed by atoms with Gasteiger partial charge in [-0.15, -0.1) is 0 Å². The molecule has 0 bridgehead atoms. The summed E-state index contributed by atoms with van der Waals surface area (Å²) in [6.45, 7) is 0.0389. The number of ether oxygens (including phenoxy) is 3. The fourth-order valence-electron chi connectivity index (χ4n) is 3.67. The molecule has 2 aliphatic heterocycles. The van der Waals surface area contributed by atoms with E-state index in [1.54, 1.807) is 18.2 Å². The first kappa shape index (κ1) is 23.7. The van der Waals surface area contributed by atoms with E-state index in [0.717, 1.165) is 4.90 Å². The van der Waals surface area contributed by atoms with Gasteiger partial charge in [-0.3, -0.25) is 14.9 Å². The summed E-state index contributed by atoms with van der Waals surface area (Å²) in [6, 6.07) is 12.4. The zero-order valence-corrected chi connectivity index (χ0v) is 19.7. The third-order valence-electron chi connectivity index (χ3n) is 5.32. The molecule has 2 heterocycles. The molecule has 0 spiro atoms. The maximum atomic E-state index is 13.4. The Hall–Kier alpha value is -4.08. The lowest BCUT2D eigenvalue weighted by atomic mass is 10.1. The Morgan fingerprint density at radius 1 is 1.00 bits per heavy atom. The maximum Gasteiger partial charge on any atom is 0.335 e. The van der Waals surface area contributed by atoms with E-state index in [4.69, 9.17) is 37.4 Å². The lowest BCUT2D eigenvalue weighted by Crippen LogP contribution is -2.54. The largest absolute Gasteiger partial charge is 0.486 e.